The molecule has 5 rings (SSSR count). The molecule has 2 amide bonds. The number of amides is 2. The fourth-order valence-electron chi connectivity index (χ4n) is 3.65. The van der Waals surface area contributed by atoms with Crippen molar-refractivity contribution >= 4 is 39.1 Å². The van der Waals surface area contributed by atoms with Crippen LogP contribution in [0.3, 0.4) is 0 Å². The van der Waals surface area contributed by atoms with Gasteiger partial charge in [-0.25, -0.2) is 9.97 Å². The molecule has 0 saturated carbocycles. The van der Waals surface area contributed by atoms with Gasteiger partial charge in [0, 0.05) is 18.2 Å². The van der Waals surface area contributed by atoms with Crippen molar-refractivity contribution in [1.82, 2.24) is 14.9 Å². The van der Waals surface area contributed by atoms with Gasteiger partial charge in [-0.1, -0.05) is 24.3 Å². The highest BCUT2D eigenvalue weighted by Gasteiger charge is 2.24. The van der Waals surface area contributed by atoms with E-state index in [4.69, 9.17) is 9.72 Å². The molecule has 0 radical (unpaired) electrons. The van der Waals surface area contributed by atoms with Crippen LogP contribution in [0.1, 0.15) is 17.6 Å². The summed E-state index contributed by atoms with van der Waals surface area (Å²) in [5, 5.41) is 3.67. The third-order valence-electron chi connectivity index (χ3n) is 5.12. The number of ether oxygens (including phenoxy) is 1. The van der Waals surface area contributed by atoms with Gasteiger partial charge >= 0.3 is 0 Å². The summed E-state index contributed by atoms with van der Waals surface area (Å²) in [6.45, 7) is 2.19. The number of hydrogen-bond donors (Lipinski definition) is 1. The molecular formula is C24H20N4O3S. The maximum Gasteiger partial charge on any atom is 0.261 e. The van der Waals surface area contributed by atoms with Gasteiger partial charge in [-0.3, -0.25) is 9.59 Å². The van der Waals surface area contributed by atoms with Gasteiger partial charge in [0.1, 0.15) is 16.5 Å². The molecule has 8 heteroatoms. The van der Waals surface area contributed by atoms with Crippen molar-refractivity contribution in [3.05, 3.63) is 71.4 Å². The second-order valence-corrected chi connectivity index (χ2v) is 8.63. The Kier molecular flexibility index (Phi) is 5.28. The molecule has 4 aromatic rings. The predicted molar refractivity (Wildman–Crippen MR) is 123 cm³/mol. The first kappa shape index (κ1) is 20.1. The highest BCUT2D eigenvalue weighted by molar-refractivity contribution is 7.18. The summed E-state index contributed by atoms with van der Waals surface area (Å²) in [4.78, 5) is 35.3. The molecule has 160 valence electrons. The third-order valence-corrected chi connectivity index (χ3v) is 6.14. The molecule has 0 saturated heterocycles. The van der Waals surface area contributed by atoms with Gasteiger partial charge in [-0.15, -0.1) is 11.3 Å². The first-order valence-corrected chi connectivity index (χ1v) is 11.0. The Balaban J connectivity index is 1.42. The molecule has 0 unspecified atom stereocenters. The first-order chi connectivity index (χ1) is 15.5. The quantitative estimate of drug-likeness (QED) is 0.509. The summed E-state index contributed by atoms with van der Waals surface area (Å²) >= 11 is 1.59. The van der Waals surface area contributed by atoms with Crippen LogP contribution in [0, 0.1) is 0 Å². The zero-order chi connectivity index (χ0) is 22.1. The smallest absolute Gasteiger partial charge is 0.261 e. The van der Waals surface area contributed by atoms with Gasteiger partial charge in [0.25, 0.3) is 5.91 Å². The molecular weight excluding hydrogens is 424 g/mol. The lowest BCUT2D eigenvalue weighted by molar-refractivity contribution is -0.133. The van der Waals surface area contributed by atoms with Crippen molar-refractivity contribution in [1.29, 1.82) is 0 Å². The highest BCUT2D eigenvalue weighted by Crippen LogP contribution is 2.29. The van der Waals surface area contributed by atoms with Crippen molar-refractivity contribution in [2.75, 3.05) is 11.9 Å². The molecule has 0 atom stereocenters. The van der Waals surface area contributed by atoms with E-state index >= 15 is 0 Å². The number of thiazole rings is 1. The standard InChI is InChI=1S/C24H20N4O3S/c1-15(29)25-17-6-4-5-16(11-17)18-9-10-21-20(26-18)12-28(24(30)14-31-21)13-23-27-19-7-2-3-8-22(19)32-23/h2-11H,12-14H2,1H3,(H,25,29). The molecule has 1 N–H and O–H groups in total. The Morgan fingerprint density at radius 3 is 2.84 bits per heavy atom. The molecule has 0 fully saturated rings. The number of carbonyl (C=O) groups is 2. The number of nitrogens with zero attached hydrogens (tertiary/aromatic N) is 3. The van der Waals surface area contributed by atoms with Crippen LogP contribution >= 0.6 is 11.3 Å². The van der Waals surface area contributed by atoms with Crippen LogP contribution in [0.25, 0.3) is 21.5 Å². The number of pyridine rings is 1. The van der Waals surface area contributed by atoms with E-state index in [1.54, 1.807) is 16.2 Å². The molecule has 0 aliphatic carbocycles. The number of para-hydroxylation sites is 1. The van der Waals surface area contributed by atoms with E-state index in [1.165, 1.54) is 6.92 Å². The minimum Gasteiger partial charge on any atom is -0.482 e. The largest absolute Gasteiger partial charge is 0.482 e. The molecule has 32 heavy (non-hydrogen) atoms. The lowest BCUT2D eigenvalue weighted by Crippen LogP contribution is -2.32. The van der Waals surface area contributed by atoms with Crippen LogP contribution in [-0.2, 0) is 22.7 Å². The SMILES string of the molecule is CC(=O)Nc1cccc(-c2ccc3c(n2)CN(Cc2nc4ccccc4s2)C(=O)CO3)c1. The van der Waals surface area contributed by atoms with Crippen molar-refractivity contribution in [2.45, 2.75) is 20.0 Å². The molecule has 1 aliphatic heterocycles. The van der Waals surface area contributed by atoms with Gasteiger partial charge < -0.3 is 15.0 Å². The van der Waals surface area contributed by atoms with Gasteiger partial charge in [0.05, 0.1) is 29.0 Å². The Morgan fingerprint density at radius 1 is 1.12 bits per heavy atom. The van der Waals surface area contributed by atoms with Crippen LogP contribution in [0.4, 0.5) is 5.69 Å². The number of anilines is 1. The summed E-state index contributed by atoms with van der Waals surface area (Å²) in [5.74, 6) is 0.373. The van der Waals surface area contributed by atoms with Crippen molar-refractivity contribution in [3.63, 3.8) is 0 Å². The van der Waals surface area contributed by atoms with Crippen LogP contribution in [-0.4, -0.2) is 33.3 Å². The van der Waals surface area contributed by atoms with E-state index in [2.05, 4.69) is 10.3 Å². The molecule has 3 heterocycles. The Morgan fingerprint density at radius 2 is 2.00 bits per heavy atom. The topological polar surface area (TPSA) is 84.4 Å². The molecule has 0 spiro atoms. The molecule has 1 aliphatic rings. The van der Waals surface area contributed by atoms with E-state index in [0.717, 1.165) is 26.5 Å². The third kappa shape index (κ3) is 4.17. The first-order valence-electron chi connectivity index (χ1n) is 10.2. The van der Waals surface area contributed by atoms with E-state index in [1.807, 2.05) is 60.7 Å². The Labute approximate surface area is 188 Å². The Hall–Kier alpha value is -3.78. The van der Waals surface area contributed by atoms with Crippen LogP contribution in [0.2, 0.25) is 0 Å². The number of fused-ring (bicyclic) bond motifs is 2. The summed E-state index contributed by atoms with van der Waals surface area (Å²) in [5.41, 5.74) is 3.95. The number of hydrogen-bond acceptors (Lipinski definition) is 6. The van der Waals surface area contributed by atoms with Crippen molar-refractivity contribution < 1.29 is 14.3 Å². The normalized spacial score (nSPS) is 13.4. The molecule has 2 aromatic heterocycles. The minimum atomic E-state index is -0.130. The Bertz CT molecular complexity index is 1300. The zero-order valence-corrected chi connectivity index (χ0v) is 18.2. The second-order valence-electron chi connectivity index (χ2n) is 7.52. The minimum absolute atomic E-state index is 0.0308. The molecule has 0 bridgehead atoms. The second kappa shape index (κ2) is 8.39. The number of benzene rings is 2. The number of nitrogens with one attached hydrogen (secondary N) is 1. The zero-order valence-electron chi connectivity index (χ0n) is 17.4. The van der Waals surface area contributed by atoms with Crippen LogP contribution in [0.15, 0.2) is 60.7 Å². The summed E-state index contributed by atoms with van der Waals surface area (Å²) in [6.07, 6.45) is 0. The summed E-state index contributed by atoms with van der Waals surface area (Å²) in [7, 11) is 0. The lowest BCUT2D eigenvalue weighted by Gasteiger charge is -2.18. The fraction of sp³-hybridized carbons (Fsp3) is 0.167. The number of aromatic nitrogens is 2. The van der Waals surface area contributed by atoms with E-state index < -0.39 is 0 Å². The average Bonchev–Trinajstić information content (AvgIpc) is 3.12. The lowest BCUT2D eigenvalue weighted by atomic mass is 10.1. The molecule has 2 aromatic carbocycles. The van der Waals surface area contributed by atoms with Crippen molar-refractivity contribution in [2.24, 2.45) is 0 Å². The fourth-order valence-corrected chi connectivity index (χ4v) is 4.63. The maximum absolute atomic E-state index is 12.7. The summed E-state index contributed by atoms with van der Waals surface area (Å²) in [6, 6.07) is 19.2. The van der Waals surface area contributed by atoms with Gasteiger partial charge in [0.2, 0.25) is 5.91 Å². The maximum atomic E-state index is 12.7. The monoisotopic (exact) mass is 444 g/mol. The van der Waals surface area contributed by atoms with Gasteiger partial charge in [0.15, 0.2) is 6.61 Å². The summed E-state index contributed by atoms with van der Waals surface area (Å²) < 4.78 is 6.83. The van der Waals surface area contributed by atoms with E-state index in [9.17, 15) is 9.59 Å². The van der Waals surface area contributed by atoms with Crippen molar-refractivity contribution in [3.8, 4) is 17.0 Å². The highest BCUT2D eigenvalue weighted by atomic mass is 32.1. The van der Waals surface area contributed by atoms with Gasteiger partial charge in [-0.2, -0.15) is 0 Å². The average molecular weight is 445 g/mol. The van der Waals surface area contributed by atoms with Gasteiger partial charge in [-0.05, 0) is 36.4 Å². The number of carbonyl (C=O) groups excluding carboxylic acids is 2. The number of rotatable bonds is 4. The van der Waals surface area contributed by atoms with Crippen LogP contribution < -0.4 is 10.1 Å². The van der Waals surface area contributed by atoms with E-state index in [0.29, 0.717) is 30.2 Å². The molecule has 7 nitrogen and oxygen atoms in total. The predicted octanol–water partition coefficient (Wildman–Crippen LogP) is 4.24. The van der Waals surface area contributed by atoms with E-state index in [-0.39, 0.29) is 18.4 Å². The van der Waals surface area contributed by atoms with Crippen LogP contribution in [0.5, 0.6) is 5.75 Å².